The van der Waals surface area contributed by atoms with Crippen LogP contribution in [0, 0.1) is 13.8 Å². The Morgan fingerprint density at radius 2 is 1.67 bits per heavy atom. The number of pyridine rings is 1. The molecule has 0 fully saturated rings. The minimum Gasteiger partial charge on any atom is -0.383 e. The Morgan fingerprint density at radius 1 is 1.04 bits per heavy atom. The lowest BCUT2D eigenvalue weighted by atomic mass is 10.1. The number of hydrogen-bond acceptors (Lipinski definition) is 4. The van der Waals surface area contributed by atoms with Crippen LogP contribution in [-0.2, 0) is 4.74 Å². The van der Waals surface area contributed by atoms with Crippen molar-refractivity contribution in [3.63, 3.8) is 0 Å². The van der Waals surface area contributed by atoms with Crippen LogP contribution in [0.3, 0.4) is 0 Å². The molecule has 0 aliphatic heterocycles. The molecule has 0 bridgehead atoms. The minimum atomic E-state index is -0.355. The van der Waals surface area contributed by atoms with E-state index in [2.05, 4.69) is 15.6 Å². The Hall–Kier alpha value is -2.73. The van der Waals surface area contributed by atoms with Gasteiger partial charge in [-0.05, 0) is 49.2 Å². The zero-order valence-corrected chi connectivity index (χ0v) is 14.1. The number of rotatable bonds is 6. The molecule has 0 spiro atoms. The Bertz CT molecular complexity index is 724. The molecule has 2 rings (SSSR count). The molecule has 0 radical (unpaired) electrons. The Kier molecular flexibility index (Phi) is 6.03. The molecular formula is C18H21N3O3. The molecule has 1 aromatic carbocycles. The number of nitrogens with zero attached hydrogens (tertiary/aromatic N) is 1. The predicted octanol–water partition coefficient (Wildman–Crippen LogP) is 2.33. The largest absolute Gasteiger partial charge is 0.383 e. The lowest BCUT2D eigenvalue weighted by molar-refractivity contribution is 0.0932. The van der Waals surface area contributed by atoms with Crippen molar-refractivity contribution >= 4 is 17.5 Å². The number of nitrogens with one attached hydrogen (secondary N) is 2. The summed E-state index contributed by atoms with van der Waals surface area (Å²) in [4.78, 5) is 28.5. The van der Waals surface area contributed by atoms with Crippen molar-refractivity contribution in [1.82, 2.24) is 10.3 Å². The SMILES string of the molecule is COCCNC(=O)c1cccc(C(=O)Nc2cc(C)cc(C)c2)n1. The number of aromatic nitrogens is 1. The molecule has 6 heteroatoms. The fraction of sp³-hybridized carbons (Fsp3) is 0.278. The van der Waals surface area contributed by atoms with Crippen LogP contribution in [0.15, 0.2) is 36.4 Å². The Labute approximate surface area is 141 Å². The molecule has 126 valence electrons. The third-order valence-corrected chi connectivity index (χ3v) is 3.29. The van der Waals surface area contributed by atoms with Crippen molar-refractivity contribution in [3.05, 3.63) is 58.9 Å². The van der Waals surface area contributed by atoms with Gasteiger partial charge in [-0.2, -0.15) is 0 Å². The van der Waals surface area contributed by atoms with E-state index in [1.54, 1.807) is 25.3 Å². The highest BCUT2D eigenvalue weighted by molar-refractivity contribution is 6.03. The average Bonchev–Trinajstić information content (AvgIpc) is 2.54. The van der Waals surface area contributed by atoms with Crippen LogP contribution < -0.4 is 10.6 Å². The van der Waals surface area contributed by atoms with Gasteiger partial charge in [0.1, 0.15) is 11.4 Å². The third-order valence-electron chi connectivity index (χ3n) is 3.29. The van der Waals surface area contributed by atoms with E-state index in [1.165, 1.54) is 0 Å². The van der Waals surface area contributed by atoms with Gasteiger partial charge in [0.05, 0.1) is 6.61 Å². The van der Waals surface area contributed by atoms with Gasteiger partial charge in [-0.15, -0.1) is 0 Å². The maximum absolute atomic E-state index is 12.3. The summed E-state index contributed by atoms with van der Waals surface area (Å²) >= 11 is 0. The molecule has 2 N–H and O–H groups in total. The number of aryl methyl sites for hydroxylation is 2. The highest BCUT2D eigenvalue weighted by atomic mass is 16.5. The molecule has 24 heavy (non-hydrogen) atoms. The lowest BCUT2D eigenvalue weighted by Crippen LogP contribution is -2.28. The monoisotopic (exact) mass is 327 g/mol. The van der Waals surface area contributed by atoms with Crippen molar-refractivity contribution in [3.8, 4) is 0 Å². The third kappa shape index (κ3) is 4.89. The predicted molar refractivity (Wildman–Crippen MR) is 92.3 cm³/mol. The zero-order chi connectivity index (χ0) is 17.5. The average molecular weight is 327 g/mol. The number of carbonyl (C=O) groups is 2. The number of carbonyl (C=O) groups excluding carboxylic acids is 2. The topological polar surface area (TPSA) is 80.3 Å². The molecule has 0 aliphatic rings. The molecule has 6 nitrogen and oxygen atoms in total. The van der Waals surface area contributed by atoms with Gasteiger partial charge in [-0.1, -0.05) is 12.1 Å². The van der Waals surface area contributed by atoms with Gasteiger partial charge >= 0.3 is 0 Å². The maximum atomic E-state index is 12.3. The molecule has 0 saturated heterocycles. The molecule has 0 aliphatic carbocycles. The van der Waals surface area contributed by atoms with E-state index in [1.807, 2.05) is 32.0 Å². The molecule has 1 aromatic heterocycles. The highest BCUT2D eigenvalue weighted by Crippen LogP contribution is 2.14. The zero-order valence-electron chi connectivity index (χ0n) is 14.1. The van der Waals surface area contributed by atoms with Gasteiger partial charge < -0.3 is 15.4 Å². The van der Waals surface area contributed by atoms with Crippen molar-refractivity contribution < 1.29 is 14.3 Å². The van der Waals surface area contributed by atoms with Gasteiger partial charge in [-0.25, -0.2) is 4.98 Å². The van der Waals surface area contributed by atoms with Crippen LogP contribution in [0.5, 0.6) is 0 Å². The summed E-state index contributed by atoms with van der Waals surface area (Å²) in [5.41, 5.74) is 3.20. The Morgan fingerprint density at radius 3 is 2.29 bits per heavy atom. The van der Waals surface area contributed by atoms with Crippen LogP contribution in [0.25, 0.3) is 0 Å². The van der Waals surface area contributed by atoms with Gasteiger partial charge in [0.15, 0.2) is 0 Å². The molecule has 0 atom stereocenters. The summed E-state index contributed by atoms with van der Waals surface area (Å²) in [5.74, 6) is -0.695. The number of hydrogen-bond donors (Lipinski definition) is 2. The number of amides is 2. The second kappa shape index (κ2) is 8.21. The molecule has 2 amide bonds. The normalized spacial score (nSPS) is 10.3. The van der Waals surface area contributed by atoms with E-state index < -0.39 is 0 Å². The second-order valence-corrected chi connectivity index (χ2v) is 5.49. The minimum absolute atomic E-state index is 0.188. The van der Waals surface area contributed by atoms with Gasteiger partial charge in [0.2, 0.25) is 0 Å². The molecule has 0 saturated carbocycles. The lowest BCUT2D eigenvalue weighted by Gasteiger charge is -2.08. The first-order valence-electron chi connectivity index (χ1n) is 7.63. The smallest absolute Gasteiger partial charge is 0.274 e. The molecule has 0 unspecified atom stereocenters. The van der Waals surface area contributed by atoms with E-state index in [0.717, 1.165) is 11.1 Å². The Balaban J connectivity index is 2.09. The van der Waals surface area contributed by atoms with Crippen LogP contribution in [-0.4, -0.2) is 37.1 Å². The standard InChI is InChI=1S/C18H21N3O3/c1-12-9-13(2)11-14(10-12)20-18(23)16-6-4-5-15(21-16)17(22)19-7-8-24-3/h4-6,9-11H,7-8H2,1-3H3,(H,19,22)(H,20,23). The summed E-state index contributed by atoms with van der Waals surface area (Å²) in [6.45, 7) is 4.73. The first-order chi connectivity index (χ1) is 11.5. The first-order valence-corrected chi connectivity index (χ1v) is 7.63. The van der Waals surface area contributed by atoms with Crippen LogP contribution in [0.1, 0.15) is 32.1 Å². The van der Waals surface area contributed by atoms with Crippen molar-refractivity contribution in [2.24, 2.45) is 0 Å². The van der Waals surface area contributed by atoms with E-state index in [4.69, 9.17) is 4.74 Å². The molecule has 1 heterocycles. The quantitative estimate of drug-likeness (QED) is 0.798. The van der Waals surface area contributed by atoms with Crippen LogP contribution in [0.2, 0.25) is 0 Å². The first kappa shape index (κ1) is 17.6. The van der Waals surface area contributed by atoms with E-state index in [9.17, 15) is 9.59 Å². The summed E-state index contributed by atoms with van der Waals surface area (Å²) < 4.78 is 4.88. The van der Waals surface area contributed by atoms with Crippen LogP contribution in [0.4, 0.5) is 5.69 Å². The number of methoxy groups -OCH3 is 1. The maximum Gasteiger partial charge on any atom is 0.274 e. The summed E-state index contributed by atoms with van der Waals surface area (Å²) in [5, 5.41) is 5.48. The van der Waals surface area contributed by atoms with Crippen molar-refractivity contribution in [1.29, 1.82) is 0 Å². The summed E-state index contributed by atoms with van der Waals surface area (Å²) in [7, 11) is 1.56. The second-order valence-electron chi connectivity index (χ2n) is 5.49. The fourth-order valence-electron chi connectivity index (χ4n) is 2.29. The van der Waals surface area contributed by atoms with Gasteiger partial charge in [0.25, 0.3) is 11.8 Å². The number of anilines is 1. The fourth-order valence-corrected chi connectivity index (χ4v) is 2.29. The highest BCUT2D eigenvalue weighted by Gasteiger charge is 2.12. The number of benzene rings is 1. The molecular weight excluding hydrogens is 306 g/mol. The van der Waals surface area contributed by atoms with Gasteiger partial charge in [0, 0.05) is 19.3 Å². The summed E-state index contributed by atoms with van der Waals surface area (Å²) in [6, 6.07) is 10.6. The summed E-state index contributed by atoms with van der Waals surface area (Å²) in [6.07, 6.45) is 0. The van der Waals surface area contributed by atoms with Crippen LogP contribution >= 0.6 is 0 Å². The van der Waals surface area contributed by atoms with E-state index in [-0.39, 0.29) is 23.2 Å². The van der Waals surface area contributed by atoms with Crippen molar-refractivity contribution in [2.45, 2.75) is 13.8 Å². The number of ether oxygens (including phenoxy) is 1. The van der Waals surface area contributed by atoms with Crippen molar-refractivity contribution in [2.75, 3.05) is 25.6 Å². The van der Waals surface area contributed by atoms with E-state index in [0.29, 0.717) is 18.8 Å². The molecule has 2 aromatic rings. The van der Waals surface area contributed by atoms with Gasteiger partial charge in [-0.3, -0.25) is 9.59 Å². The van der Waals surface area contributed by atoms with E-state index >= 15 is 0 Å².